The molecule has 0 atom stereocenters. The zero-order chi connectivity index (χ0) is 14.2. The monoisotopic (exact) mass is 277 g/mol. The molecule has 20 heavy (non-hydrogen) atoms. The summed E-state index contributed by atoms with van der Waals surface area (Å²) in [5, 5.41) is 9.41. The van der Waals surface area contributed by atoms with E-state index in [0.717, 1.165) is 32.4 Å². The third kappa shape index (κ3) is 2.07. The standard InChI is InChI=1S/C16H20FNO2/c17-13-11-12(16(15(19)20)7-4-8-16)5-6-14(13)18-9-2-1-3-10-18/h5-6,11H,1-4,7-10H2,(H,19,20). The summed E-state index contributed by atoms with van der Waals surface area (Å²) in [6, 6.07) is 5.01. The topological polar surface area (TPSA) is 40.5 Å². The Morgan fingerprint density at radius 3 is 2.35 bits per heavy atom. The molecule has 0 amide bonds. The molecule has 0 spiro atoms. The lowest BCUT2D eigenvalue weighted by Gasteiger charge is -2.38. The lowest BCUT2D eigenvalue weighted by atomic mass is 9.64. The minimum Gasteiger partial charge on any atom is -0.481 e. The maximum atomic E-state index is 14.4. The highest BCUT2D eigenvalue weighted by Crippen LogP contribution is 2.44. The van der Waals surface area contributed by atoms with Crippen molar-refractivity contribution in [2.24, 2.45) is 0 Å². The summed E-state index contributed by atoms with van der Waals surface area (Å²) in [6.45, 7) is 1.78. The van der Waals surface area contributed by atoms with Gasteiger partial charge < -0.3 is 10.0 Å². The molecule has 1 N–H and O–H groups in total. The molecule has 2 aliphatic rings. The summed E-state index contributed by atoms with van der Waals surface area (Å²) in [5.41, 5.74) is 0.393. The van der Waals surface area contributed by atoms with E-state index in [4.69, 9.17) is 0 Å². The first-order chi connectivity index (χ1) is 9.63. The number of piperidine rings is 1. The summed E-state index contributed by atoms with van der Waals surface area (Å²) in [7, 11) is 0. The first-order valence-electron chi connectivity index (χ1n) is 7.42. The molecule has 1 saturated heterocycles. The molecular weight excluding hydrogens is 257 g/mol. The van der Waals surface area contributed by atoms with Crippen molar-refractivity contribution in [2.45, 2.75) is 43.9 Å². The molecule has 1 aromatic rings. The van der Waals surface area contributed by atoms with Crippen LogP contribution >= 0.6 is 0 Å². The van der Waals surface area contributed by atoms with E-state index in [0.29, 0.717) is 24.1 Å². The van der Waals surface area contributed by atoms with Gasteiger partial charge in [-0.15, -0.1) is 0 Å². The lowest BCUT2D eigenvalue weighted by molar-refractivity contribution is -0.147. The van der Waals surface area contributed by atoms with Gasteiger partial charge in [-0.2, -0.15) is 0 Å². The molecule has 3 nitrogen and oxygen atoms in total. The largest absolute Gasteiger partial charge is 0.481 e. The Morgan fingerprint density at radius 2 is 1.85 bits per heavy atom. The quantitative estimate of drug-likeness (QED) is 0.921. The van der Waals surface area contributed by atoms with E-state index in [1.807, 2.05) is 0 Å². The van der Waals surface area contributed by atoms with Crippen LogP contribution in [0.4, 0.5) is 10.1 Å². The summed E-state index contributed by atoms with van der Waals surface area (Å²) < 4.78 is 14.4. The van der Waals surface area contributed by atoms with E-state index < -0.39 is 11.4 Å². The molecule has 108 valence electrons. The minimum atomic E-state index is -0.846. The molecule has 1 heterocycles. The van der Waals surface area contributed by atoms with Crippen LogP contribution in [0, 0.1) is 5.82 Å². The van der Waals surface area contributed by atoms with Crippen molar-refractivity contribution in [3.63, 3.8) is 0 Å². The highest BCUT2D eigenvalue weighted by Gasteiger charge is 2.46. The molecule has 1 aromatic carbocycles. The maximum absolute atomic E-state index is 14.4. The Balaban J connectivity index is 1.89. The molecule has 2 fully saturated rings. The number of rotatable bonds is 3. The molecule has 1 aliphatic carbocycles. The van der Waals surface area contributed by atoms with Crippen LogP contribution in [0.25, 0.3) is 0 Å². The predicted molar refractivity (Wildman–Crippen MR) is 75.6 cm³/mol. The van der Waals surface area contributed by atoms with Gasteiger partial charge in [0.05, 0.1) is 11.1 Å². The third-order valence-corrected chi connectivity index (χ3v) is 4.81. The van der Waals surface area contributed by atoms with Crippen molar-refractivity contribution < 1.29 is 14.3 Å². The van der Waals surface area contributed by atoms with Crippen molar-refractivity contribution in [1.29, 1.82) is 0 Å². The summed E-state index contributed by atoms with van der Waals surface area (Å²) in [6.07, 6.45) is 5.54. The Kier molecular flexibility index (Phi) is 3.40. The number of carboxylic acids is 1. The molecule has 0 radical (unpaired) electrons. The first kappa shape index (κ1) is 13.4. The Morgan fingerprint density at radius 1 is 1.15 bits per heavy atom. The average molecular weight is 277 g/mol. The number of hydrogen-bond donors (Lipinski definition) is 1. The number of aliphatic carboxylic acids is 1. The molecule has 0 bridgehead atoms. The summed E-state index contributed by atoms with van der Waals surface area (Å²) >= 11 is 0. The summed E-state index contributed by atoms with van der Waals surface area (Å²) in [5.74, 6) is -1.11. The number of carboxylic acid groups (broad SMARTS) is 1. The number of hydrogen-bond acceptors (Lipinski definition) is 2. The number of carbonyl (C=O) groups is 1. The second-order valence-corrected chi connectivity index (χ2v) is 5.95. The molecule has 3 rings (SSSR count). The van der Waals surface area contributed by atoms with Gasteiger partial charge in [0.25, 0.3) is 0 Å². The van der Waals surface area contributed by atoms with E-state index in [2.05, 4.69) is 4.90 Å². The zero-order valence-electron chi connectivity index (χ0n) is 11.6. The highest BCUT2D eigenvalue weighted by atomic mass is 19.1. The van der Waals surface area contributed by atoms with Gasteiger partial charge >= 0.3 is 5.97 Å². The average Bonchev–Trinajstić information content (AvgIpc) is 2.38. The number of anilines is 1. The molecule has 0 unspecified atom stereocenters. The fourth-order valence-corrected chi connectivity index (χ4v) is 3.35. The zero-order valence-corrected chi connectivity index (χ0v) is 11.6. The SMILES string of the molecule is O=C(O)C1(c2ccc(N3CCCCC3)c(F)c2)CCC1. The Labute approximate surface area is 118 Å². The second kappa shape index (κ2) is 5.08. The second-order valence-electron chi connectivity index (χ2n) is 5.95. The van der Waals surface area contributed by atoms with Crippen LogP contribution in [0.15, 0.2) is 18.2 Å². The lowest BCUT2D eigenvalue weighted by Crippen LogP contribution is -2.42. The predicted octanol–water partition coefficient (Wildman–Crippen LogP) is 3.32. The summed E-state index contributed by atoms with van der Waals surface area (Å²) in [4.78, 5) is 13.5. The molecule has 4 heteroatoms. The van der Waals surface area contributed by atoms with Crippen LogP contribution in [-0.4, -0.2) is 24.2 Å². The molecule has 1 aliphatic heterocycles. The van der Waals surface area contributed by atoms with Gasteiger partial charge in [0.15, 0.2) is 0 Å². The van der Waals surface area contributed by atoms with Crippen LogP contribution in [0.5, 0.6) is 0 Å². The molecule has 1 saturated carbocycles. The Hall–Kier alpha value is -1.58. The number of benzene rings is 1. The van der Waals surface area contributed by atoms with Gasteiger partial charge in [-0.1, -0.05) is 12.5 Å². The van der Waals surface area contributed by atoms with Crippen molar-refractivity contribution in [1.82, 2.24) is 0 Å². The third-order valence-electron chi connectivity index (χ3n) is 4.81. The smallest absolute Gasteiger partial charge is 0.314 e. The van der Waals surface area contributed by atoms with Gasteiger partial charge in [-0.25, -0.2) is 4.39 Å². The van der Waals surface area contributed by atoms with E-state index in [9.17, 15) is 14.3 Å². The van der Waals surface area contributed by atoms with Gasteiger partial charge in [0.2, 0.25) is 0 Å². The van der Waals surface area contributed by atoms with Gasteiger partial charge in [-0.3, -0.25) is 4.79 Å². The molecule has 0 aromatic heterocycles. The van der Waals surface area contributed by atoms with Crippen molar-refractivity contribution in [3.8, 4) is 0 Å². The van der Waals surface area contributed by atoms with Crippen molar-refractivity contribution in [3.05, 3.63) is 29.6 Å². The fraction of sp³-hybridized carbons (Fsp3) is 0.562. The maximum Gasteiger partial charge on any atom is 0.314 e. The van der Waals surface area contributed by atoms with E-state index in [-0.39, 0.29) is 5.82 Å². The fourth-order valence-electron chi connectivity index (χ4n) is 3.35. The number of halogens is 1. The van der Waals surface area contributed by atoms with Crippen molar-refractivity contribution in [2.75, 3.05) is 18.0 Å². The van der Waals surface area contributed by atoms with Crippen LogP contribution in [0.3, 0.4) is 0 Å². The minimum absolute atomic E-state index is 0.281. The van der Waals surface area contributed by atoms with Gasteiger partial charge in [-0.05, 0) is 49.8 Å². The normalized spacial score (nSPS) is 21.4. The van der Waals surface area contributed by atoms with Crippen LogP contribution in [0.1, 0.15) is 44.1 Å². The van der Waals surface area contributed by atoms with E-state index in [1.165, 1.54) is 12.5 Å². The van der Waals surface area contributed by atoms with Crippen molar-refractivity contribution >= 4 is 11.7 Å². The van der Waals surface area contributed by atoms with Crippen LogP contribution in [-0.2, 0) is 10.2 Å². The highest BCUT2D eigenvalue weighted by molar-refractivity contribution is 5.82. The molecular formula is C16H20FNO2. The van der Waals surface area contributed by atoms with E-state index in [1.54, 1.807) is 12.1 Å². The first-order valence-corrected chi connectivity index (χ1v) is 7.42. The van der Waals surface area contributed by atoms with Gasteiger partial charge in [0, 0.05) is 13.1 Å². The van der Waals surface area contributed by atoms with E-state index >= 15 is 0 Å². The van der Waals surface area contributed by atoms with Crippen LogP contribution in [0.2, 0.25) is 0 Å². The number of nitrogens with zero attached hydrogens (tertiary/aromatic N) is 1. The Bertz CT molecular complexity index is 519. The van der Waals surface area contributed by atoms with Crippen LogP contribution < -0.4 is 4.90 Å². The van der Waals surface area contributed by atoms with Gasteiger partial charge in [0.1, 0.15) is 5.82 Å².